The molecular formula is C13H20N2. The Hall–Kier alpha value is -0.860. The van der Waals surface area contributed by atoms with Gasteiger partial charge < -0.3 is 10.2 Å². The molecule has 2 nitrogen and oxygen atoms in total. The van der Waals surface area contributed by atoms with E-state index in [9.17, 15) is 0 Å². The van der Waals surface area contributed by atoms with Crippen LogP contribution in [0.5, 0.6) is 0 Å². The standard InChI is InChI=1S/C13H20N2/c1-11(12-6-4-3-5-7-12)10-15(2)13-8-14-9-13/h3-7,11,13-14H,8-10H2,1-2H3. The maximum absolute atomic E-state index is 3.31. The van der Waals surface area contributed by atoms with Crippen molar-refractivity contribution in [3.05, 3.63) is 35.9 Å². The van der Waals surface area contributed by atoms with Crippen LogP contribution in [0.4, 0.5) is 0 Å². The molecule has 82 valence electrons. The SMILES string of the molecule is CC(CN(C)C1CNC1)c1ccccc1. The van der Waals surface area contributed by atoms with Crippen LogP contribution in [-0.2, 0) is 0 Å². The van der Waals surface area contributed by atoms with E-state index < -0.39 is 0 Å². The highest BCUT2D eigenvalue weighted by Crippen LogP contribution is 2.17. The van der Waals surface area contributed by atoms with Gasteiger partial charge in [0.2, 0.25) is 0 Å². The second-order valence-corrected chi connectivity index (χ2v) is 4.56. The van der Waals surface area contributed by atoms with Gasteiger partial charge in [0.25, 0.3) is 0 Å². The fourth-order valence-electron chi connectivity index (χ4n) is 2.05. The first-order valence-electron chi connectivity index (χ1n) is 5.73. The van der Waals surface area contributed by atoms with Crippen molar-refractivity contribution in [2.45, 2.75) is 18.9 Å². The summed E-state index contributed by atoms with van der Waals surface area (Å²) in [5.74, 6) is 0.622. The smallest absolute Gasteiger partial charge is 0.0342 e. The van der Waals surface area contributed by atoms with Crippen LogP contribution in [-0.4, -0.2) is 37.6 Å². The molecule has 1 aliphatic rings. The summed E-state index contributed by atoms with van der Waals surface area (Å²) in [6, 6.07) is 11.5. The number of benzene rings is 1. The van der Waals surface area contributed by atoms with Crippen molar-refractivity contribution in [2.24, 2.45) is 0 Å². The van der Waals surface area contributed by atoms with E-state index in [1.54, 1.807) is 0 Å². The van der Waals surface area contributed by atoms with E-state index in [4.69, 9.17) is 0 Å². The first-order valence-corrected chi connectivity index (χ1v) is 5.73. The Bertz CT molecular complexity index is 293. The molecule has 1 atom stereocenters. The van der Waals surface area contributed by atoms with Crippen LogP contribution in [0.15, 0.2) is 30.3 Å². The Morgan fingerprint density at radius 1 is 1.33 bits per heavy atom. The lowest BCUT2D eigenvalue weighted by atomic mass is 9.99. The van der Waals surface area contributed by atoms with E-state index in [2.05, 4.69) is 54.5 Å². The normalized spacial score (nSPS) is 18.9. The fourth-order valence-corrected chi connectivity index (χ4v) is 2.05. The molecule has 1 aromatic carbocycles. The number of nitrogens with zero attached hydrogens (tertiary/aromatic N) is 1. The van der Waals surface area contributed by atoms with Crippen LogP contribution in [0.2, 0.25) is 0 Å². The lowest BCUT2D eigenvalue weighted by Gasteiger charge is -2.37. The Morgan fingerprint density at radius 2 is 2.00 bits per heavy atom. The van der Waals surface area contributed by atoms with Crippen LogP contribution >= 0.6 is 0 Å². The third-order valence-corrected chi connectivity index (χ3v) is 3.31. The minimum Gasteiger partial charge on any atom is -0.314 e. The van der Waals surface area contributed by atoms with E-state index in [1.165, 1.54) is 5.56 Å². The second kappa shape index (κ2) is 4.77. The van der Waals surface area contributed by atoms with Crippen molar-refractivity contribution in [3.8, 4) is 0 Å². The predicted octanol–water partition coefficient (Wildman–Crippen LogP) is 1.69. The molecule has 0 saturated carbocycles. The minimum absolute atomic E-state index is 0.622. The first kappa shape index (κ1) is 10.7. The Morgan fingerprint density at radius 3 is 2.53 bits per heavy atom. The number of likely N-dealkylation sites (N-methyl/N-ethyl adjacent to an activating group) is 1. The molecule has 1 heterocycles. The summed E-state index contributed by atoms with van der Waals surface area (Å²) in [5.41, 5.74) is 1.44. The number of rotatable bonds is 4. The number of nitrogens with one attached hydrogen (secondary N) is 1. The molecule has 0 aromatic heterocycles. The zero-order chi connectivity index (χ0) is 10.7. The van der Waals surface area contributed by atoms with Crippen LogP contribution < -0.4 is 5.32 Å². The van der Waals surface area contributed by atoms with Crippen molar-refractivity contribution in [2.75, 3.05) is 26.7 Å². The highest BCUT2D eigenvalue weighted by molar-refractivity contribution is 5.19. The molecule has 1 aromatic rings. The van der Waals surface area contributed by atoms with Gasteiger partial charge >= 0.3 is 0 Å². The molecule has 1 N–H and O–H groups in total. The van der Waals surface area contributed by atoms with Gasteiger partial charge in [-0.2, -0.15) is 0 Å². The molecule has 0 spiro atoms. The molecule has 2 heteroatoms. The Labute approximate surface area is 92.3 Å². The third-order valence-electron chi connectivity index (χ3n) is 3.31. The Balaban J connectivity index is 1.88. The summed E-state index contributed by atoms with van der Waals surface area (Å²) in [6.45, 7) is 5.75. The summed E-state index contributed by atoms with van der Waals surface area (Å²) >= 11 is 0. The summed E-state index contributed by atoms with van der Waals surface area (Å²) in [4.78, 5) is 2.47. The van der Waals surface area contributed by atoms with Gasteiger partial charge in [0.15, 0.2) is 0 Å². The van der Waals surface area contributed by atoms with Crippen LogP contribution in [0, 0.1) is 0 Å². The van der Waals surface area contributed by atoms with Gasteiger partial charge in [-0.3, -0.25) is 0 Å². The Kier molecular flexibility index (Phi) is 3.39. The molecule has 1 unspecified atom stereocenters. The third kappa shape index (κ3) is 2.58. The van der Waals surface area contributed by atoms with Gasteiger partial charge in [-0.1, -0.05) is 37.3 Å². The molecule has 0 amide bonds. The van der Waals surface area contributed by atoms with Crippen molar-refractivity contribution in [3.63, 3.8) is 0 Å². The van der Waals surface area contributed by atoms with Crippen molar-refractivity contribution < 1.29 is 0 Å². The predicted molar refractivity (Wildman–Crippen MR) is 64.1 cm³/mol. The molecule has 1 fully saturated rings. The molecule has 0 aliphatic carbocycles. The molecular weight excluding hydrogens is 184 g/mol. The number of hydrogen-bond donors (Lipinski definition) is 1. The summed E-state index contributed by atoms with van der Waals surface area (Å²) in [7, 11) is 2.23. The van der Waals surface area contributed by atoms with Crippen LogP contribution in [0.3, 0.4) is 0 Å². The summed E-state index contributed by atoms with van der Waals surface area (Å²) < 4.78 is 0. The van der Waals surface area contributed by atoms with E-state index in [-0.39, 0.29) is 0 Å². The van der Waals surface area contributed by atoms with E-state index in [1.807, 2.05) is 0 Å². The van der Waals surface area contributed by atoms with E-state index >= 15 is 0 Å². The quantitative estimate of drug-likeness (QED) is 0.803. The summed E-state index contributed by atoms with van der Waals surface area (Å²) in [6.07, 6.45) is 0. The monoisotopic (exact) mass is 204 g/mol. The molecule has 1 aliphatic heterocycles. The van der Waals surface area contributed by atoms with Crippen molar-refractivity contribution in [1.82, 2.24) is 10.2 Å². The van der Waals surface area contributed by atoms with Gasteiger partial charge in [-0.05, 0) is 18.5 Å². The fraction of sp³-hybridized carbons (Fsp3) is 0.538. The molecule has 15 heavy (non-hydrogen) atoms. The highest BCUT2D eigenvalue weighted by Gasteiger charge is 2.22. The van der Waals surface area contributed by atoms with E-state index in [0.29, 0.717) is 5.92 Å². The molecule has 2 rings (SSSR count). The molecule has 0 radical (unpaired) electrons. The molecule has 0 bridgehead atoms. The van der Waals surface area contributed by atoms with Gasteiger partial charge in [0.1, 0.15) is 0 Å². The van der Waals surface area contributed by atoms with Crippen molar-refractivity contribution >= 4 is 0 Å². The lowest BCUT2D eigenvalue weighted by Crippen LogP contribution is -2.56. The average molecular weight is 204 g/mol. The highest BCUT2D eigenvalue weighted by atomic mass is 15.2. The van der Waals surface area contributed by atoms with E-state index in [0.717, 1.165) is 25.7 Å². The van der Waals surface area contributed by atoms with Gasteiger partial charge in [-0.15, -0.1) is 0 Å². The summed E-state index contributed by atoms with van der Waals surface area (Å²) in [5, 5.41) is 3.31. The minimum atomic E-state index is 0.622. The van der Waals surface area contributed by atoms with Gasteiger partial charge in [0.05, 0.1) is 0 Å². The lowest BCUT2D eigenvalue weighted by molar-refractivity contribution is 0.173. The second-order valence-electron chi connectivity index (χ2n) is 4.56. The van der Waals surface area contributed by atoms with Crippen LogP contribution in [0.25, 0.3) is 0 Å². The topological polar surface area (TPSA) is 15.3 Å². The largest absolute Gasteiger partial charge is 0.314 e. The number of hydrogen-bond acceptors (Lipinski definition) is 2. The maximum Gasteiger partial charge on any atom is 0.0342 e. The zero-order valence-corrected chi connectivity index (χ0v) is 9.61. The zero-order valence-electron chi connectivity index (χ0n) is 9.61. The van der Waals surface area contributed by atoms with Crippen molar-refractivity contribution in [1.29, 1.82) is 0 Å². The maximum atomic E-state index is 3.31. The van der Waals surface area contributed by atoms with Gasteiger partial charge in [-0.25, -0.2) is 0 Å². The molecule has 1 saturated heterocycles. The first-order chi connectivity index (χ1) is 7.27. The van der Waals surface area contributed by atoms with Gasteiger partial charge in [0, 0.05) is 25.7 Å². The average Bonchev–Trinajstić information content (AvgIpc) is 2.16. The van der Waals surface area contributed by atoms with Crippen LogP contribution in [0.1, 0.15) is 18.4 Å².